The van der Waals surface area contributed by atoms with Gasteiger partial charge in [-0.2, -0.15) is 9.97 Å². The van der Waals surface area contributed by atoms with E-state index in [2.05, 4.69) is 41.6 Å². The van der Waals surface area contributed by atoms with E-state index in [-0.39, 0.29) is 83.7 Å². The number of phenolic OH excluding ortho intramolecular Hbond substituents is 2. The monoisotopic (exact) mass is 1060 g/mol. The number of β-amino-alcohol motifs (C(OH)–C–C–N with tert-alkyl or cyclic N) is 1. The molecule has 3 amide bonds. The number of piperazine rings is 2. The molecule has 19 nitrogen and oxygen atoms in total. The predicted molar refractivity (Wildman–Crippen MR) is 299 cm³/mol. The first-order chi connectivity index (χ1) is 37.5. The average molecular weight is 1060 g/mol. The number of carbonyl (C=O) groups is 3. The standard InChI is InChI=1S/C59H71N11O8/c1-6-43-48(73)17-14-38-27-41(71)28-45(50(38)43)51-53(75)52-46(31-61-51)55(69-32-39-15-16-40(33-69)63-39)66-58(65-52)78-26-8-21-68-24-22-67(23-25-68)20-7-9-49(74)64-54(59(3,4)5)57(77)70-34-42(72)29-47(70)56(76)62-30-36-10-12-37(13-11-36)44-18-19-60-35(44)2/h1,10-14,17,19,27-28,31,39-40,42,47,54,63,71-73,75H,7-9,15-16,18,20-26,29-30,32-34H2,2-5H3,(H,62,76)(H,64,74)/t39?,40?,42-,47+,54-/m1/s1. The van der Waals surface area contributed by atoms with Crippen LogP contribution in [-0.4, -0.2) is 170 Å². The number of anilines is 1. The molecular weight excluding hydrogens is 991 g/mol. The van der Waals surface area contributed by atoms with Crippen molar-refractivity contribution < 1.29 is 39.5 Å². The molecule has 0 saturated carbocycles. The molecule has 4 fully saturated rings. The summed E-state index contributed by atoms with van der Waals surface area (Å²) in [6, 6.07) is 13.1. The average Bonchev–Trinajstić information content (AvgIpc) is 4.27. The fourth-order valence-corrected chi connectivity index (χ4v) is 11.7. The van der Waals surface area contributed by atoms with E-state index in [0.717, 1.165) is 88.4 Å². The molecule has 78 heavy (non-hydrogen) atoms. The third kappa shape index (κ3) is 11.7. The van der Waals surface area contributed by atoms with Crippen LogP contribution in [0.25, 0.3) is 38.5 Å². The molecule has 19 heteroatoms. The van der Waals surface area contributed by atoms with Gasteiger partial charge in [0.2, 0.25) is 17.7 Å². The van der Waals surface area contributed by atoms with E-state index in [9.17, 15) is 34.8 Å². The highest BCUT2D eigenvalue weighted by atomic mass is 16.5. The summed E-state index contributed by atoms with van der Waals surface area (Å²) in [6.07, 6.45) is 13.1. The topological polar surface area (TPSA) is 241 Å². The van der Waals surface area contributed by atoms with Crippen LogP contribution in [0, 0.1) is 17.8 Å². The van der Waals surface area contributed by atoms with Crippen molar-refractivity contribution in [2.45, 2.75) is 109 Å². The molecule has 2 unspecified atom stereocenters. The number of aliphatic imine (C=N–C) groups is 1. The molecule has 0 spiro atoms. The highest BCUT2D eigenvalue weighted by Crippen LogP contribution is 2.44. The molecule has 410 valence electrons. The Bertz CT molecular complexity index is 3190. The maximum atomic E-state index is 14.2. The molecule has 10 rings (SSSR count). The highest BCUT2D eigenvalue weighted by molar-refractivity contribution is 6.06. The summed E-state index contributed by atoms with van der Waals surface area (Å²) in [5.74, 6) is 1.82. The number of aliphatic hydroxyl groups excluding tert-OH is 1. The van der Waals surface area contributed by atoms with E-state index in [1.807, 2.05) is 58.2 Å². The van der Waals surface area contributed by atoms with E-state index >= 15 is 0 Å². The lowest BCUT2D eigenvalue weighted by atomic mass is 9.85. The van der Waals surface area contributed by atoms with Crippen LogP contribution in [0.5, 0.6) is 23.3 Å². The van der Waals surface area contributed by atoms with Gasteiger partial charge in [-0.3, -0.25) is 24.4 Å². The second kappa shape index (κ2) is 22.9. The third-order valence-electron chi connectivity index (χ3n) is 15.9. The number of nitrogens with zero attached hydrogens (tertiary/aromatic N) is 8. The van der Waals surface area contributed by atoms with Crippen LogP contribution < -0.4 is 25.6 Å². The van der Waals surface area contributed by atoms with Crippen LogP contribution in [-0.2, 0) is 20.9 Å². The van der Waals surface area contributed by atoms with Crippen molar-refractivity contribution >= 4 is 57.0 Å². The van der Waals surface area contributed by atoms with E-state index in [1.54, 1.807) is 18.3 Å². The van der Waals surface area contributed by atoms with Gasteiger partial charge in [0.15, 0.2) is 5.75 Å². The number of allylic oxidation sites excluding steroid dienone is 2. The molecule has 2 bridgehead atoms. The van der Waals surface area contributed by atoms with Gasteiger partial charge in [-0.05, 0) is 84.9 Å². The molecule has 5 atom stereocenters. The zero-order chi connectivity index (χ0) is 54.8. The Hall–Kier alpha value is -7.37. The van der Waals surface area contributed by atoms with Gasteiger partial charge in [0.25, 0.3) is 0 Å². The fourth-order valence-electron chi connectivity index (χ4n) is 11.7. The summed E-state index contributed by atoms with van der Waals surface area (Å²) in [5, 5.41) is 55.3. The van der Waals surface area contributed by atoms with Crippen LogP contribution in [0.4, 0.5) is 5.82 Å². The summed E-state index contributed by atoms with van der Waals surface area (Å²) in [7, 11) is 0. The van der Waals surface area contributed by atoms with E-state index in [1.165, 1.54) is 22.6 Å². The smallest absolute Gasteiger partial charge is 0.319 e. The number of hydrogen-bond acceptors (Lipinski definition) is 16. The Balaban J connectivity index is 0.706. The number of fused-ring (bicyclic) bond motifs is 4. The number of benzene rings is 3. The first-order valence-corrected chi connectivity index (χ1v) is 27.3. The van der Waals surface area contributed by atoms with Crippen molar-refractivity contribution in [3.8, 4) is 46.9 Å². The quantitative estimate of drug-likeness (QED) is 0.0476. The molecule has 3 aromatic carbocycles. The Morgan fingerprint density at radius 1 is 0.936 bits per heavy atom. The van der Waals surface area contributed by atoms with E-state index < -0.39 is 23.6 Å². The molecule has 0 aliphatic carbocycles. The molecular formula is C59H71N11O8. The van der Waals surface area contributed by atoms with Crippen molar-refractivity contribution in [3.63, 3.8) is 0 Å². The normalized spacial score (nSPS) is 21.1. The lowest BCUT2D eigenvalue weighted by molar-refractivity contribution is -0.144. The predicted octanol–water partition coefficient (Wildman–Crippen LogP) is 5.07. The van der Waals surface area contributed by atoms with Gasteiger partial charge in [0.1, 0.15) is 40.6 Å². The van der Waals surface area contributed by atoms with Crippen LogP contribution >= 0.6 is 0 Å². The molecule has 5 aliphatic rings. The number of phenols is 2. The van der Waals surface area contributed by atoms with Crippen molar-refractivity contribution in [2.75, 3.05) is 70.4 Å². The number of terminal acetylenes is 1. The third-order valence-corrected chi connectivity index (χ3v) is 15.9. The highest BCUT2D eigenvalue weighted by Gasteiger charge is 2.44. The Morgan fingerprint density at radius 2 is 1.65 bits per heavy atom. The molecule has 7 N–H and O–H groups in total. The van der Waals surface area contributed by atoms with E-state index in [0.29, 0.717) is 59.1 Å². The Morgan fingerprint density at radius 3 is 2.33 bits per heavy atom. The van der Waals surface area contributed by atoms with Gasteiger partial charge < -0.3 is 60.7 Å². The second-order valence-electron chi connectivity index (χ2n) is 22.5. The zero-order valence-corrected chi connectivity index (χ0v) is 45.0. The molecule has 7 heterocycles. The lowest BCUT2D eigenvalue weighted by Gasteiger charge is -2.36. The maximum Gasteiger partial charge on any atom is 0.319 e. The number of aliphatic hydroxyl groups is 1. The number of amides is 3. The van der Waals surface area contributed by atoms with Crippen molar-refractivity contribution in [1.29, 1.82) is 0 Å². The number of likely N-dealkylation sites (tertiary alicyclic amines) is 1. The minimum Gasteiger partial charge on any atom is -0.508 e. The summed E-state index contributed by atoms with van der Waals surface area (Å²) >= 11 is 0. The number of aromatic hydroxyl groups is 3. The molecule has 5 aliphatic heterocycles. The number of carbonyl (C=O) groups excluding carboxylic acids is 3. The first kappa shape index (κ1) is 54.0. The van der Waals surface area contributed by atoms with Crippen molar-refractivity contribution in [1.82, 2.24) is 45.6 Å². The largest absolute Gasteiger partial charge is 0.508 e. The van der Waals surface area contributed by atoms with E-state index in [4.69, 9.17) is 26.1 Å². The van der Waals surface area contributed by atoms with Crippen LogP contribution in [0.15, 0.2) is 65.4 Å². The number of hydrogen-bond donors (Lipinski definition) is 7. The minimum absolute atomic E-state index is 0.0105. The van der Waals surface area contributed by atoms with Gasteiger partial charge in [-0.25, -0.2) is 0 Å². The maximum absolute atomic E-state index is 14.2. The summed E-state index contributed by atoms with van der Waals surface area (Å²) in [6.45, 7) is 14.6. The first-order valence-electron chi connectivity index (χ1n) is 27.3. The van der Waals surface area contributed by atoms with Gasteiger partial charge in [-0.1, -0.05) is 57.0 Å². The van der Waals surface area contributed by atoms with Crippen molar-refractivity contribution in [2.24, 2.45) is 10.4 Å². The molecule has 0 radical (unpaired) electrons. The molecule has 2 aromatic heterocycles. The Labute approximate surface area is 454 Å². The molecule has 5 aromatic rings. The number of ether oxygens (including phenoxy) is 1. The summed E-state index contributed by atoms with van der Waals surface area (Å²) < 4.78 is 6.27. The van der Waals surface area contributed by atoms with Crippen molar-refractivity contribution in [3.05, 3.63) is 77.1 Å². The number of nitrogens with one attached hydrogen (secondary N) is 3. The number of pyridine rings is 1. The lowest BCUT2D eigenvalue weighted by Crippen LogP contribution is -2.57. The van der Waals surface area contributed by atoms with Gasteiger partial charge in [0.05, 0.1) is 23.7 Å². The molecule has 4 saturated heterocycles. The van der Waals surface area contributed by atoms with Gasteiger partial charge >= 0.3 is 6.01 Å². The minimum atomic E-state index is -0.894. The Kier molecular flexibility index (Phi) is 15.9. The van der Waals surface area contributed by atoms with Gasteiger partial charge in [-0.15, -0.1) is 6.42 Å². The number of rotatable bonds is 17. The number of aromatic nitrogens is 3. The fraction of sp³-hybridized carbons (Fsp3) is 0.475. The van der Waals surface area contributed by atoms with Crippen LogP contribution in [0.1, 0.15) is 89.3 Å². The SMILES string of the molecule is C#Cc1c(O)ccc2cc(O)cc(-c3ncc4c(N5CC6CCC(C5)N6)nc(OCCCN5CCN(CCCC(=O)N[C@H](C(=O)N6C[C@H](O)C[C@H]6C(=O)NCc6ccc(C7=C(C)N=CC7)cc6)C(C)(C)C)CC5)nc4c3O)c12. The summed E-state index contributed by atoms with van der Waals surface area (Å²) in [4.78, 5) is 68.3. The zero-order valence-electron chi connectivity index (χ0n) is 45.0. The summed E-state index contributed by atoms with van der Waals surface area (Å²) in [5.41, 5.74) is 4.48. The second-order valence-corrected chi connectivity index (χ2v) is 22.5. The van der Waals surface area contributed by atoms with Crippen LogP contribution in [0.2, 0.25) is 0 Å². The van der Waals surface area contributed by atoms with Crippen LogP contribution in [0.3, 0.4) is 0 Å². The van der Waals surface area contributed by atoms with Gasteiger partial charge in [0, 0.05) is 119 Å².